The molecule has 3 aromatic carbocycles. The molecule has 1 N–H and O–H groups in total. The molecule has 3 heterocycles. The molecule has 0 radical (unpaired) electrons. The molecule has 7 heteroatoms. The number of Topliss-reactive ketones (excluding diaryl/α,β-unsaturated/α-hetero) is 1. The zero-order chi connectivity index (χ0) is 25.0. The molecule has 6 nitrogen and oxygen atoms in total. The number of halogens is 1. The molecule has 1 fully saturated rings. The quantitative estimate of drug-likeness (QED) is 0.442. The summed E-state index contributed by atoms with van der Waals surface area (Å²) in [6.07, 6.45) is 3.83. The fraction of sp³-hybridized carbons (Fsp3) is 0.207. The van der Waals surface area contributed by atoms with Crippen molar-refractivity contribution in [3.8, 4) is 0 Å². The van der Waals surface area contributed by atoms with Crippen molar-refractivity contribution >= 4 is 35.1 Å². The van der Waals surface area contributed by atoms with Gasteiger partial charge in [-0.15, -0.1) is 0 Å². The monoisotopic (exact) mass is 482 g/mol. The minimum absolute atomic E-state index is 0.124. The number of carbonyl (C=O) groups is 3. The molecule has 0 aliphatic carbocycles. The third-order valence-corrected chi connectivity index (χ3v) is 7.48. The summed E-state index contributed by atoms with van der Waals surface area (Å²) < 4.78 is 19.2. The Hall–Kier alpha value is -4.26. The van der Waals surface area contributed by atoms with Crippen LogP contribution in [-0.2, 0) is 19.7 Å². The van der Waals surface area contributed by atoms with E-state index in [1.807, 2.05) is 59.5 Å². The summed E-state index contributed by atoms with van der Waals surface area (Å²) in [6.45, 7) is 1.83. The molecular weight excluding hydrogens is 459 g/mol. The molecule has 1 amide bonds. The summed E-state index contributed by atoms with van der Waals surface area (Å²) in [5, 5.41) is 2.96. The summed E-state index contributed by atoms with van der Waals surface area (Å²) in [5.41, 5.74) is 1.71. The van der Waals surface area contributed by atoms with Crippen LogP contribution in [-0.4, -0.2) is 36.4 Å². The Morgan fingerprint density at radius 1 is 1.03 bits per heavy atom. The van der Waals surface area contributed by atoms with Gasteiger partial charge in [-0.05, 0) is 54.4 Å². The van der Waals surface area contributed by atoms with Crippen LogP contribution in [0.5, 0.6) is 0 Å². The molecule has 6 rings (SSSR count). The Morgan fingerprint density at radius 3 is 2.53 bits per heavy atom. The number of amides is 1. The van der Waals surface area contributed by atoms with Crippen molar-refractivity contribution in [3.05, 3.63) is 101 Å². The van der Waals surface area contributed by atoms with E-state index in [1.165, 1.54) is 24.3 Å². The van der Waals surface area contributed by atoms with Crippen molar-refractivity contribution < 1.29 is 23.5 Å². The number of hydrogen-bond acceptors (Lipinski definition) is 5. The normalized spacial score (nSPS) is 25.2. The SMILES string of the molecule is CCOC(=O)[C@H]1[C@@H](C(=O)c2ccc(F)cc2)[C@]2(C(=O)Nc3ccccc32)[C@@H]2C=Cc3ccccc3N21. The third-order valence-electron chi connectivity index (χ3n) is 7.48. The van der Waals surface area contributed by atoms with Crippen molar-refractivity contribution in [2.75, 3.05) is 16.8 Å². The van der Waals surface area contributed by atoms with Crippen LogP contribution in [0.2, 0.25) is 0 Å². The van der Waals surface area contributed by atoms with E-state index in [1.54, 1.807) is 13.0 Å². The molecule has 1 spiro atoms. The summed E-state index contributed by atoms with van der Waals surface area (Å²) in [7, 11) is 0. The molecule has 1 saturated heterocycles. The van der Waals surface area contributed by atoms with Gasteiger partial charge in [0.05, 0.1) is 18.6 Å². The summed E-state index contributed by atoms with van der Waals surface area (Å²) in [4.78, 5) is 43.8. The van der Waals surface area contributed by atoms with Gasteiger partial charge in [0.15, 0.2) is 5.78 Å². The number of ether oxygens (including phenoxy) is 1. The van der Waals surface area contributed by atoms with Gasteiger partial charge in [-0.3, -0.25) is 9.59 Å². The molecule has 4 atom stereocenters. The van der Waals surface area contributed by atoms with Crippen LogP contribution in [0.15, 0.2) is 78.9 Å². The number of carbonyl (C=O) groups excluding carboxylic acids is 3. The summed E-state index contributed by atoms with van der Waals surface area (Å²) in [5.74, 6) is -2.95. The first-order valence-electron chi connectivity index (χ1n) is 11.9. The number of nitrogens with one attached hydrogen (secondary N) is 1. The van der Waals surface area contributed by atoms with Crippen molar-refractivity contribution in [2.45, 2.75) is 24.4 Å². The first-order valence-corrected chi connectivity index (χ1v) is 11.9. The van der Waals surface area contributed by atoms with Gasteiger partial charge in [0.1, 0.15) is 17.3 Å². The number of rotatable bonds is 4. The highest BCUT2D eigenvalue weighted by molar-refractivity contribution is 6.16. The number of esters is 1. The van der Waals surface area contributed by atoms with Gasteiger partial charge in [0, 0.05) is 16.9 Å². The van der Waals surface area contributed by atoms with Crippen molar-refractivity contribution in [2.24, 2.45) is 5.92 Å². The Morgan fingerprint density at radius 2 is 1.75 bits per heavy atom. The lowest BCUT2D eigenvalue weighted by Crippen LogP contribution is -2.51. The molecule has 180 valence electrons. The minimum atomic E-state index is -1.40. The minimum Gasteiger partial charge on any atom is -0.464 e. The van der Waals surface area contributed by atoms with E-state index in [4.69, 9.17) is 4.74 Å². The standard InChI is InChI=1S/C29H23FN2O4/c1-2-36-27(34)25-24(26(33)18-11-14-19(30)15-12-18)29(20-8-4-5-9-21(20)31-28(29)35)23-16-13-17-7-3-6-10-22(17)32(23)25/h3-16,23-25H,2H2,1H3,(H,31,35)/t23-,24-,25+,29+/m0/s1. The maximum absolute atomic E-state index is 14.3. The van der Waals surface area contributed by atoms with Gasteiger partial charge in [0.25, 0.3) is 0 Å². The van der Waals surface area contributed by atoms with Gasteiger partial charge in [-0.1, -0.05) is 48.6 Å². The molecule has 36 heavy (non-hydrogen) atoms. The fourth-order valence-electron chi connectivity index (χ4n) is 6.11. The van der Waals surface area contributed by atoms with E-state index in [-0.39, 0.29) is 18.1 Å². The van der Waals surface area contributed by atoms with Crippen LogP contribution in [0, 0.1) is 11.7 Å². The van der Waals surface area contributed by atoms with E-state index < -0.39 is 41.0 Å². The second-order valence-electron chi connectivity index (χ2n) is 9.18. The number of benzene rings is 3. The highest BCUT2D eigenvalue weighted by Crippen LogP contribution is 2.57. The molecule has 3 aliphatic rings. The Bertz CT molecular complexity index is 1430. The average molecular weight is 483 g/mol. The first kappa shape index (κ1) is 22.2. The van der Waals surface area contributed by atoms with Gasteiger partial charge >= 0.3 is 5.97 Å². The highest BCUT2D eigenvalue weighted by Gasteiger charge is 2.70. The average Bonchev–Trinajstić information content (AvgIpc) is 3.37. The fourth-order valence-corrected chi connectivity index (χ4v) is 6.11. The molecule has 0 saturated carbocycles. The number of fused-ring (bicyclic) bond motifs is 6. The van der Waals surface area contributed by atoms with E-state index in [0.717, 1.165) is 11.3 Å². The lowest BCUT2D eigenvalue weighted by Gasteiger charge is -2.37. The van der Waals surface area contributed by atoms with Crippen LogP contribution in [0.25, 0.3) is 6.08 Å². The molecule has 0 bridgehead atoms. The van der Waals surface area contributed by atoms with Crippen molar-refractivity contribution in [3.63, 3.8) is 0 Å². The predicted molar refractivity (Wildman–Crippen MR) is 133 cm³/mol. The van der Waals surface area contributed by atoms with E-state index in [9.17, 15) is 18.8 Å². The zero-order valence-corrected chi connectivity index (χ0v) is 19.5. The van der Waals surface area contributed by atoms with Gasteiger partial charge in [0.2, 0.25) is 5.91 Å². The van der Waals surface area contributed by atoms with Crippen molar-refractivity contribution in [1.82, 2.24) is 0 Å². The Balaban J connectivity index is 1.65. The Labute approximate surface area is 207 Å². The Kier molecular flexibility index (Phi) is 5.03. The second kappa shape index (κ2) is 8.16. The second-order valence-corrected chi connectivity index (χ2v) is 9.18. The van der Waals surface area contributed by atoms with Gasteiger partial charge < -0.3 is 15.0 Å². The van der Waals surface area contributed by atoms with Gasteiger partial charge in [-0.25, -0.2) is 9.18 Å². The van der Waals surface area contributed by atoms with Crippen LogP contribution in [0.1, 0.15) is 28.4 Å². The maximum atomic E-state index is 14.3. The number of para-hydroxylation sites is 2. The highest BCUT2D eigenvalue weighted by atomic mass is 19.1. The topological polar surface area (TPSA) is 75.7 Å². The van der Waals surface area contributed by atoms with Crippen LogP contribution in [0.3, 0.4) is 0 Å². The number of nitrogens with zero attached hydrogens (tertiary/aromatic N) is 1. The molecule has 3 aliphatic heterocycles. The van der Waals surface area contributed by atoms with Crippen LogP contribution >= 0.6 is 0 Å². The summed E-state index contributed by atoms with van der Waals surface area (Å²) >= 11 is 0. The third kappa shape index (κ3) is 2.92. The van der Waals surface area contributed by atoms with Crippen LogP contribution < -0.4 is 10.2 Å². The largest absolute Gasteiger partial charge is 0.464 e. The van der Waals surface area contributed by atoms with E-state index >= 15 is 0 Å². The van der Waals surface area contributed by atoms with Gasteiger partial charge in [-0.2, -0.15) is 0 Å². The number of hydrogen-bond donors (Lipinski definition) is 1. The van der Waals surface area contributed by atoms with E-state index in [2.05, 4.69) is 5.32 Å². The predicted octanol–water partition coefficient (Wildman–Crippen LogP) is 4.36. The van der Waals surface area contributed by atoms with E-state index in [0.29, 0.717) is 11.3 Å². The molecular formula is C29H23FN2O4. The smallest absolute Gasteiger partial charge is 0.329 e. The first-order chi connectivity index (χ1) is 17.5. The van der Waals surface area contributed by atoms with Crippen molar-refractivity contribution in [1.29, 1.82) is 0 Å². The lowest BCUT2D eigenvalue weighted by molar-refractivity contribution is -0.145. The number of anilines is 2. The zero-order valence-electron chi connectivity index (χ0n) is 19.5. The number of ketones is 1. The van der Waals surface area contributed by atoms with Crippen LogP contribution in [0.4, 0.5) is 15.8 Å². The lowest BCUT2D eigenvalue weighted by atomic mass is 9.64. The molecule has 0 unspecified atom stereocenters. The maximum Gasteiger partial charge on any atom is 0.329 e. The summed E-state index contributed by atoms with van der Waals surface area (Å²) in [6, 6.07) is 18.3. The molecule has 3 aromatic rings. The molecule has 0 aromatic heterocycles.